The molecule has 0 aliphatic heterocycles. The third-order valence-corrected chi connectivity index (χ3v) is 6.07. The van der Waals surface area contributed by atoms with Crippen LogP contribution in [-0.2, 0) is 21.2 Å². The molecule has 28 heavy (non-hydrogen) atoms. The zero-order valence-electron chi connectivity index (χ0n) is 16.1. The van der Waals surface area contributed by atoms with E-state index in [0.717, 1.165) is 34.5 Å². The van der Waals surface area contributed by atoms with Crippen molar-refractivity contribution in [2.75, 3.05) is 17.1 Å². The molecule has 0 bridgehead atoms. The molecule has 0 saturated heterocycles. The predicted octanol–water partition coefficient (Wildman–Crippen LogP) is 4.21. The Labute approximate surface area is 176 Å². The van der Waals surface area contributed by atoms with Crippen LogP contribution in [0.4, 0.5) is 5.69 Å². The van der Waals surface area contributed by atoms with Gasteiger partial charge < -0.3 is 5.32 Å². The summed E-state index contributed by atoms with van der Waals surface area (Å²) in [5.41, 5.74) is 2.25. The molecule has 8 heteroatoms. The lowest BCUT2D eigenvalue weighted by atomic mass is 10.1. The maximum atomic E-state index is 12.6. The van der Waals surface area contributed by atoms with Crippen LogP contribution in [0.3, 0.4) is 0 Å². The summed E-state index contributed by atoms with van der Waals surface area (Å²) in [4.78, 5) is 12.6. The molecule has 0 aliphatic carbocycles. The van der Waals surface area contributed by atoms with E-state index in [0.29, 0.717) is 22.3 Å². The topological polar surface area (TPSA) is 66.5 Å². The van der Waals surface area contributed by atoms with Crippen molar-refractivity contribution in [1.29, 1.82) is 0 Å². The zero-order chi connectivity index (χ0) is 20.9. The molecule has 2 rings (SSSR count). The molecule has 0 saturated carbocycles. The second-order valence-corrected chi connectivity index (χ2v) is 9.42. The normalized spacial score (nSPS) is 12.5. The summed E-state index contributed by atoms with van der Waals surface area (Å²) in [6.07, 6.45) is 2.60. The standard InChI is InChI=1S/C20H24Cl2N2O3S/c1-14-6-9-18(22)13-19(14)24(28(3,26)27)15(2)20(25)23-12-4-5-16-7-10-17(21)11-8-16/h6-11,13,15H,4-5,12H2,1-3H3,(H,23,25)/t15-/m0/s1. The third-order valence-electron chi connectivity index (χ3n) is 4.35. The Hall–Kier alpha value is -1.76. The van der Waals surface area contributed by atoms with Crippen LogP contribution in [0.2, 0.25) is 10.0 Å². The van der Waals surface area contributed by atoms with Crippen molar-refractivity contribution >= 4 is 44.8 Å². The molecule has 0 spiro atoms. The Morgan fingerprint density at radius 3 is 2.32 bits per heavy atom. The summed E-state index contributed by atoms with van der Waals surface area (Å²) in [5, 5.41) is 3.91. The maximum absolute atomic E-state index is 12.6. The average molecular weight is 443 g/mol. The second-order valence-electron chi connectivity index (χ2n) is 6.69. The third kappa shape index (κ3) is 6.12. The average Bonchev–Trinajstić information content (AvgIpc) is 2.62. The minimum Gasteiger partial charge on any atom is -0.354 e. The highest BCUT2D eigenvalue weighted by Crippen LogP contribution is 2.28. The summed E-state index contributed by atoms with van der Waals surface area (Å²) in [6, 6.07) is 11.6. The number of amides is 1. The fraction of sp³-hybridized carbons (Fsp3) is 0.350. The number of rotatable bonds is 8. The number of aryl methyl sites for hydroxylation is 2. The Morgan fingerprint density at radius 1 is 1.11 bits per heavy atom. The van der Waals surface area contributed by atoms with Gasteiger partial charge in [0.05, 0.1) is 11.9 Å². The van der Waals surface area contributed by atoms with Gasteiger partial charge in [0.25, 0.3) is 0 Å². The quantitative estimate of drug-likeness (QED) is 0.622. The molecule has 0 fully saturated rings. The zero-order valence-corrected chi connectivity index (χ0v) is 18.4. The highest BCUT2D eigenvalue weighted by Gasteiger charge is 2.30. The monoisotopic (exact) mass is 442 g/mol. The molecular formula is C20H24Cl2N2O3S. The van der Waals surface area contributed by atoms with Gasteiger partial charge >= 0.3 is 0 Å². The van der Waals surface area contributed by atoms with E-state index in [4.69, 9.17) is 23.2 Å². The summed E-state index contributed by atoms with van der Waals surface area (Å²) in [6.45, 7) is 3.79. The summed E-state index contributed by atoms with van der Waals surface area (Å²) in [7, 11) is -3.68. The number of carbonyl (C=O) groups excluding carboxylic acids is 1. The summed E-state index contributed by atoms with van der Waals surface area (Å²) >= 11 is 11.9. The first-order valence-electron chi connectivity index (χ1n) is 8.87. The highest BCUT2D eigenvalue weighted by atomic mass is 35.5. The van der Waals surface area contributed by atoms with Crippen LogP contribution in [0.1, 0.15) is 24.5 Å². The lowest BCUT2D eigenvalue weighted by Crippen LogP contribution is -2.48. The number of nitrogens with one attached hydrogen (secondary N) is 1. The van der Waals surface area contributed by atoms with Gasteiger partial charge in [0.2, 0.25) is 15.9 Å². The number of carbonyl (C=O) groups is 1. The Kier molecular flexibility index (Phi) is 7.75. The fourth-order valence-corrected chi connectivity index (χ4v) is 4.42. The van der Waals surface area contributed by atoms with Crippen LogP contribution < -0.4 is 9.62 Å². The minimum absolute atomic E-state index is 0.360. The molecule has 0 aromatic heterocycles. The minimum atomic E-state index is -3.68. The molecule has 0 aliphatic rings. The van der Waals surface area contributed by atoms with Crippen LogP contribution in [0.5, 0.6) is 0 Å². The Bertz CT molecular complexity index is 931. The van der Waals surface area contributed by atoms with Crippen molar-refractivity contribution in [2.24, 2.45) is 0 Å². The summed E-state index contributed by atoms with van der Waals surface area (Å²) in [5.74, 6) is -0.360. The van der Waals surface area contributed by atoms with Crippen molar-refractivity contribution in [3.05, 3.63) is 63.6 Å². The molecule has 2 aromatic carbocycles. The molecule has 2 aromatic rings. The van der Waals surface area contributed by atoms with Gasteiger partial charge in [-0.2, -0.15) is 0 Å². The molecule has 1 N–H and O–H groups in total. The fourth-order valence-electron chi connectivity index (χ4n) is 2.90. The van der Waals surface area contributed by atoms with E-state index in [2.05, 4.69) is 5.32 Å². The Balaban J connectivity index is 2.03. The first kappa shape index (κ1) is 22.5. The number of anilines is 1. The molecule has 1 atom stereocenters. The van der Waals surface area contributed by atoms with E-state index < -0.39 is 16.1 Å². The van der Waals surface area contributed by atoms with E-state index in [-0.39, 0.29) is 5.91 Å². The smallest absolute Gasteiger partial charge is 0.243 e. The summed E-state index contributed by atoms with van der Waals surface area (Å²) < 4.78 is 25.9. The number of hydrogen-bond acceptors (Lipinski definition) is 3. The lowest BCUT2D eigenvalue weighted by Gasteiger charge is -2.29. The van der Waals surface area contributed by atoms with Crippen molar-refractivity contribution in [3.63, 3.8) is 0 Å². The second kappa shape index (κ2) is 9.63. The number of hydrogen-bond donors (Lipinski definition) is 1. The molecule has 0 heterocycles. The van der Waals surface area contributed by atoms with Crippen molar-refractivity contribution in [1.82, 2.24) is 5.32 Å². The molecule has 0 radical (unpaired) electrons. The van der Waals surface area contributed by atoms with Crippen molar-refractivity contribution in [2.45, 2.75) is 32.7 Å². The molecule has 152 valence electrons. The van der Waals surface area contributed by atoms with E-state index in [9.17, 15) is 13.2 Å². The van der Waals surface area contributed by atoms with E-state index in [1.54, 1.807) is 32.0 Å². The van der Waals surface area contributed by atoms with E-state index in [1.165, 1.54) is 0 Å². The van der Waals surface area contributed by atoms with Gasteiger partial charge in [0.1, 0.15) is 6.04 Å². The predicted molar refractivity (Wildman–Crippen MR) is 116 cm³/mol. The van der Waals surface area contributed by atoms with Crippen LogP contribution in [0, 0.1) is 6.92 Å². The van der Waals surface area contributed by atoms with Gasteiger partial charge in [-0.3, -0.25) is 9.10 Å². The number of halogens is 2. The number of benzene rings is 2. The van der Waals surface area contributed by atoms with Crippen LogP contribution >= 0.6 is 23.2 Å². The van der Waals surface area contributed by atoms with Gasteiger partial charge in [0, 0.05) is 16.6 Å². The molecule has 1 amide bonds. The van der Waals surface area contributed by atoms with Crippen LogP contribution in [0.15, 0.2) is 42.5 Å². The first-order valence-corrected chi connectivity index (χ1v) is 11.5. The maximum Gasteiger partial charge on any atom is 0.243 e. The van der Waals surface area contributed by atoms with Gasteiger partial charge in [-0.15, -0.1) is 0 Å². The number of nitrogens with zero attached hydrogens (tertiary/aromatic N) is 1. The lowest BCUT2D eigenvalue weighted by molar-refractivity contribution is -0.121. The largest absolute Gasteiger partial charge is 0.354 e. The highest BCUT2D eigenvalue weighted by molar-refractivity contribution is 7.92. The first-order chi connectivity index (χ1) is 13.1. The van der Waals surface area contributed by atoms with Gasteiger partial charge in [-0.1, -0.05) is 41.4 Å². The van der Waals surface area contributed by atoms with E-state index in [1.807, 2.05) is 24.3 Å². The Morgan fingerprint density at radius 2 is 1.71 bits per heavy atom. The van der Waals surface area contributed by atoms with Crippen molar-refractivity contribution < 1.29 is 13.2 Å². The molecule has 5 nitrogen and oxygen atoms in total. The SMILES string of the molecule is Cc1ccc(Cl)cc1N([C@@H](C)C(=O)NCCCc1ccc(Cl)cc1)S(C)(=O)=O. The van der Waals surface area contributed by atoms with Gasteiger partial charge in [-0.05, 0) is 62.1 Å². The van der Waals surface area contributed by atoms with Crippen LogP contribution in [-0.4, -0.2) is 33.2 Å². The van der Waals surface area contributed by atoms with Gasteiger partial charge in [0.15, 0.2) is 0 Å². The van der Waals surface area contributed by atoms with Gasteiger partial charge in [-0.25, -0.2) is 8.42 Å². The van der Waals surface area contributed by atoms with Crippen molar-refractivity contribution in [3.8, 4) is 0 Å². The van der Waals surface area contributed by atoms with E-state index >= 15 is 0 Å². The number of sulfonamides is 1. The molecule has 0 unspecified atom stereocenters. The molecular weight excluding hydrogens is 419 g/mol. The van der Waals surface area contributed by atoms with Crippen LogP contribution in [0.25, 0.3) is 0 Å².